The number of rotatable bonds is 4. The van der Waals surface area contributed by atoms with Crippen molar-refractivity contribution in [2.45, 2.75) is 33.2 Å². The maximum Gasteiger partial charge on any atom is 0.236 e. The lowest BCUT2D eigenvalue weighted by molar-refractivity contribution is -0.122. The van der Waals surface area contributed by atoms with E-state index in [0.717, 1.165) is 12.5 Å². The summed E-state index contributed by atoms with van der Waals surface area (Å²) >= 11 is 0. The molecule has 0 aromatic rings. The Morgan fingerprint density at radius 1 is 1.62 bits per heavy atom. The molecule has 2 unspecified atom stereocenters. The number of hydrogen-bond donors (Lipinski definition) is 2. The van der Waals surface area contributed by atoms with Crippen LogP contribution in [0.3, 0.4) is 0 Å². The van der Waals surface area contributed by atoms with Crippen LogP contribution in [0.25, 0.3) is 0 Å². The van der Waals surface area contributed by atoms with Crippen molar-refractivity contribution < 1.29 is 4.79 Å². The Hall–Kier alpha value is -0.570. The molecule has 1 saturated carbocycles. The molecule has 0 bridgehead atoms. The second-order valence-electron chi connectivity index (χ2n) is 4.63. The van der Waals surface area contributed by atoms with Crippen LogP contribution in [0, 0.1) is 11.3 Å². The van der Waals surface area contributed by atoms with Crippen LogP contribution in [0.1, 0.15) is 27.2 Å². The van der Waals surface area contributed by atoms with Gasteiger partial charge in [-0.05, 0) is 31.2 Å². The first-order chi connectivity index (χ1) is 5.97. The highest BCUT2D eigenvalue weighted by Crippen LogP contribution is 2.50. The van der Waals surface area contributed by atoms with Crippen molar-refractivity contribution in [3.8, 4) is 0 Å². The normalized spacial score (nSPS) is 26.6. The van der Waals surface area contributed by atoms with Crippen molar-refractivity contribution >= 4 is 5.91 Å². The maximum atomic E-state index is 11.1. The van der Waals surface area contributed by atoms with Gasteiger partial charge in [-0.25, -0.2) is 0 Å². The van der Waals surface area contributed by atoms with Gasteiger partial charge in [-0.3, -0.25) is 4.79 Å². The third kappa shape index (κ3) is 2.69. The van der Waals surface area contributed by atoms with Gasteiger partial charge in [-0.2, -0.15) is 0 Å². The summed E-state index contributed by atoms with van der Waals surface area (Å²) in [6, 6.07) is -0.0681. The molecule has 0 aromatic carbocycles. The molecule has 1 rings (SSSR count). The maximum absolute atomic E-state index is 11.1. The fraction of sp³-hybridized carbons (Fsp3) is 0.900. The quantitative estimate of drug-likeness (QED) is 0.677. The summed E-state index contributed by atoms with van der Waals surface area (Å²) < 4.78 is 0. The van der Waals surface area contributed by atoms with Crippen LogP contribution < -0.4 is 10.6 Å². The van der Waals surface area contributed by atoms with Gasteiger partial charge in [0.25, 0.3) is 0 Å². The third-order valence-corrected chi connectivity index (χ3v) is 3.03. The van der Waals surface area contributed by atoms with Crippen LogP contribution in [0.5, 0.6) is 0 Å². The third-order valence-electron chi connectivity index (χ3n) is 3.03. The molecule has 1 aliphatic rings. The summed E-state index contributed by atoms with van der Waals surface area (Å²) in [6.07, 6.45) is 1.28. The standard InChI is InChI=1S/C10H20N2O/c1-7(9(13)11-4)12-6-8-5-10(8,2)3/h7-8,12H,5-6H2,1-4H3,(H,11,13). The lowest BCUT2D eigenvalue weighted by Crippen LogP contribution is -2.41. The number of amides is 1. The van der Waals surface area contributed by atoms with Crippen LogP contribution in [0.2, 0.25) is 0 Å². The molecule has 3 nitrogen and oxygen atoms in total. The van der Waals surface area contributed by atoms with Crippen molar-refractivity contribution in [2.24, 2.45) is 11.3 Å². The van der Waals surface area contributed by atoms with E-state index < -0.39 is 0 Å². The molecule has 3 heteroatoms. The van der Waals surface area contributed by atoms with E-state index in [2.05, 4.69) is 24.5 Å². The highest BCUT2D eigenvalue weighted by molar-refractivity contribution is 5.80. The van der Waals surface area contributed by atoms with Crippen LogP contribution in [0.15, 0.2) is 0 Å². The van der Waals surface area contributed by atoms with E-state index in [-0.39, 0.29) is 11.9 Å². The number of carbonyl (C=O) groups is 1. The van der Waals surface area contributed by atoms with E-state index in [1.807, 2.05) is 6.92 Å². The summed E-state index contributed by atoms with van der Waals surface area (Å²) in [7, 11) is 1.67. The van der Waals surface area contributed by atoms with E-state index in [1.165, 1.54) is 6.42 Å². The van der Waals surface area contributed by atoms with Gasteiger partial charge < -0.3 is 10.6 Å². The number of likely N-dealkylation sites (N-methyl/N-ethyl adjacent to an activating group) is 1. The zero-order valence-electron chi connectivity index (χ0n) is 8.98. The van der Waals surface area contributed by atoms with Gasteiger partial charge in [0.05, 0.1) is 6.04 Å². The molecular formula is C10H20N2O. The smallest absolute Gasteiger partial charge is 0.236 e. The number of hydrogen-bond acceptors (Lipinski definition) is 2. The van der Waals surface area contributed by atoms with E-state index >= 15 is 0 Å². The minimum atomic E-state index is -0.0681. The highest BCUT2D eigenvalue weighted by atomic mass is 16.2. The Morgan fingerprint density at radius 2 is 2.15 bits per heavy atom. The molecule has 0 saturated heterocycles. The zero-order valence-corrected chi connectivity index (χ0v) is 8.98. The monoisotopic (exact) mass is 184 g/mol. The largest absolute Gasteiger partial charge is 0.358 e. The van der Waals surface area contributed by atoms with Gasteiger partial charge in [0.2, 0.25) is 5.91 Å². The van der Waals surface area contributed by atoms with Crippen LogP contribution in [-0.4, -0.2) is 25.5 Å². The summed E-state index contributed by atoms with van der Waals surface area (Å²) in [4.78, 5) is 11.1. The molecule has 0 aliphatic heterocycles. The van der Waals surface area contributed by atoms with Gasteiger partial charge in [-0.1, -0.05) is 13.8 Å². The Balaban J connectivity index is 2.17. The van der Waals surface area contributed by atoms with Crippen LogP contribution in [-0.2, 0) is 4.79 Å². The van der Waals surface area contributed by atoms with Gasteiger partial charge in [0.15, 0.2) is 0 Å². The first kappa shape index (κ1) is 10.5. The second kappa shape index (κ2) is 3.66. The number of nitrogens with one attached hydrogen (secondary N) is 2. The van der Waals surface area contributed by atoms with Gasteiger partial charge in [0, 0.05) is 7.05 Å². The first-order valence-corrected chi connectivity index (χ1v) is 4.92. The highest BCUT2D eigenvalue weighted by Gasteiger charge is 2.45. The Bertz CT molecular complexity index is 201. The minimum Gasteiger partial charge on any atom is -0.358 e. The van der Waals surface area contributed by atoms with E-state index in [1.54, 1.807) is 7.05 Å². The molecule has 0 spiro atoms. The summed E-state index contributed by atoms with van der Waals surface area (Å²) in [5.41, 5.74) is 0.495. The predicted octanol–water partition coefficient (Wildman–Crippen LogP) is 0.757. The summed E-state index contributed by atoms with van der Waals surface area (Å²) in [5, 5.41) is 5.87. The topological polar surface area (TPSA) is 41.1 Å². The molecular weight excluding hydrogens is 164 g/mol. The Labute approximate surface area is 80.3 Å². The van der Waals surface area contributed by atoms with Crippen molar-refractivity contribution in [1.29, 1.82) is 0 Å². The second-order valence-corrected chi connectivity index (χ2v) is 4.63. The van der Waals surface area contributed by atoms with Crippen molar-refractivity contribution in [1.82, 2.24) is 10.6 Å². The molecule has 1 amide bonds. The predicted molar refractivity (Wildman–Crippen MR) is 53.4 cm³/mol. The molecule has 0 aromatic heterocycles. The average Bonchev–Trinajstić information content (AvgIpc) is 2.68. The Kier molecular flexibility index (Phi) is 2.96. The van der Waals surface area contributed by atoms with Crippen LogP contribution >= 0.6 is 0 Å². The minimum absolute atomic E-state index is 0.0680. The molecule has 13 heavy (non-hydrogen) atoms. The first-order valence-electron chi connectivity index (χ1n) is 4.92. The molecule has 76 valence electrons. The fourth-order valence-electron chi connectivity index (χ4n) is 1.55. The van der Waals surface area contributed by atoms with E-state index in [4.69, 9.17) is 0 Å². The lowest BCUT2D eigenvalue weighted by Gasteiger charge is -2.12. The Morgan fingerprint density at radius 3 is 2.54 bits per heavy atom. The van der Waals surface area contributed by atoms with Gasteiger partial charge >= 0.3 is 0 Å². The lowest BCUT2D eigenvalue weighted by atomic mass is 10.1. The van der Waals surface area contributed by atoms with Crippen molar-refractivity contribution in [3.05, 3.63) is 0 Å². The summed E-state index contributed by atoms with van der Waals surface area (Å²) in [5.74, 6) is 0.818. The summed E-state index contributed by atoms with van der Waals surface area (Å²) in [6.45, 7) is 7.39. The van der Waals surface area contributed by atoms with Crippen molar-refractivity contribution in [3.63, 3.8) is 0 Å². The number of carbonyl (C=O) groups excluding carboxylic acids is 1. The zero-order chi connectivity index (χ0) is 10.1. The molecule has 1 fully saturated rings. The van der Waals surface area contributed by atoms with Crippen LogP contribution in [0.4, 0.5) is 0 Å². The molecule has 2 atom stereocenters. The molecule has 0 radical (unpaired) electrons. The van der Waals surface area contributed by atoms with E-state index in [9.17, 15) is 4.79 Å². The van der Waals surface area contributed by atoms with E-state index in [0.29, 0.717) is 5.41 Å². The van der Waals surface area contributed by atoms with Gasteiger partial charge in [-0.15, -0.1) is 0 Å². The fourth-order valence-corrected chi connectivity index (χ4v) is 1.55. The molecule has 1 aliphatic carbocycles. The average molecular weight is 184 g/mol. The molecule has 2 N–H and O–H groups in total. The molecule has 0 heterocycles. The van der Waals surface area contributed by atoms with Gasteiger partial charge in [0.1, 0.15) is 0 Å². The van der Waals surface area contributed by atoms with Crippen molar-refractivity contribution in [2.75, 3.05) is 13.6 Å². The SMILES string of the molecule is CNC(=O)C(C)NCC1CC1(C)C.